The van der Waals surface area contributed by atoms with Crippen LogP contribution >= 0.6 is 11.6 Å². The lowest BCUT2D eigenvalue weighted by atomic mass is 9.92. The van der Waals surface area contributed by atoms with Crippen molar-refractivity contribution in [2.45, 2.75) is 26.4 Å². The van der Waals surface area contributed by atoms with Crippen LogP contribution in [0, 0.1) is 5.82 Å². The molecule has 0 aliphatic carbocycles. The molecule has 0 atom stereocenters. The van der Waals surface area contributed by atoms with E-state index in [-0.39, 0.29) is 21.7 Å². The molecule has 22 heavy (non-hydrogen) atoms. The van der Waals surface area contributed by atoms with E-state index in [1.54, 1.807) is 26.8 Å². The van der Waals surface area contributed by atoms with Crippen molar-refractivity contribution in [3.63, 3.8) is 0 Å². The molecule has 0 spiro atoms. The fraction of sp³-hybridized carbons (Fsp3) is 0.250. The van der Waals surface area contributed by atoms with Crippen molar-refractivity contribution in [1.82, 2.24) is 4.98 Å². The number of ether oxygens (including phenoxy) is 1. The van der Waals surface area contributed by atoms with Gasteiger partial charge in [0.2, 0.25) is 0 Å². The summed E-state index contributed by atoms with van der Waals surface area (Å²) in [4.78, 5) is 16.1. The Hall–Kier alpha value is -1.88. The first-order valence-electron chi connectivity index (χ1n) is 6.63. The molecule has 0 N–H and O–H groups in total. The Labute approximate surface area is 134 Å². The molecule has 0 unspecified atom stereocenters. The summed E-state index contributed by atoms with van der Waals surface area (Å²) in [5.41, 5.74) is 0.0232. The quantitative estimate of drug-likeness (QED) is 0.485. The molecule has 1 aromatic heterocycles. The number of carbonyl (C=O) groups excluding carboxylic acids is 1. The first-order chi connectivity index (χ1) is 10.2. The molecular weight excluding hydrogens is 303 g/mol. The van der Waals surface area contributed by atoms with Crippen molar-refractivity contribution < 1.29 is 13.9 Å². The van der Waals surface area contributed by atoms with E-state index in [9.17, 15) is 9.18 Å². The standard InChI is InChI=1S/C16H14BClFNO2/c1-16(2,3)22-15(21)10-7-8-12(20-14(10)18)9-5-4-6-11(17)13(9)19/h4-8H,1-3H3. The second-order valence-electron chi connectivity index (χ2n) is 5.75. The number of esters is 1. The Morgan fingerprint density at radius 2 is 1.95 bits per heavy atom. The first-order valence-corrected chi connectivity index (χ1v) is 7.01. The van der Waals surface area contributed by atoms with Gasteiger partial charge in [-0.3, -0.25) is 0 Å². The zero-order chi connectivity index (χ0) is 16.5. The number of aromatic nitrogens is 1. The lowest BCUT2D eigenvalue weighted by Gasteiger charge is -2.19. The number of halogens is 2. The minimum absolute atomic E-state index is 0.0200. The van der Waals surface area contributed by atoms with Crippen LogP contribution in [0.4, 0.5) is 4.39 Å². The van der Waals surface area contributed by atoms with Crippen LogP contribution in [0.15, 0.2) is 30.3 Å². The fourth-order valence-electron chi connectivity index (χ4n) is 1.82. The second kappa shape index (κ2) is 6.09. The molecule has 2 aromatic rings. The minimum Gasteiger partial charge on any atom is -0.456 e. The van der Waals surface area contributed by atoms with E-state index in [1.807, 2.05) is 0 Å². The molecule has 3 nitrogen and oxygen atoms in total. The van der Waals surface area contributed by atoms with E-state index in [4.69, 9.17) is 24.2 Å². The van der Waals surface area contributed by atoms with Crippen molar-refractivity contribution in [1.29, 1.82) is 0 Å². The van der Waals surface area contributed by atoms with Crippen molar-refractivity contribution in [3.05, 3.63) is 46.9 Å². The molecule has 0 amide bonds. The smallest absolute Gasteiger partial charge is 0.341 e. The summed E-state index contributed by atoms with van der Waals surface area (Å²) in [6.07, 6.45) is 0. The van der Waals surface area contributed by atoms with Crippen molar-refractivity contribution >= 4 is 30.9 Å². The van der Waals surface area contributed by atoms with Crippen LogP contribution in [0.2, 0.25) is 5.15 Å². The molecule has 1 heterocycles. The van der Waals surface area contributed by atoms with E-state index < -0.39 is 17.4 Å². The van der Waals surface area contributed by atoms with Gasteiger partial charge in [-0.25, -0.2) is 14.2 Å². The average molecular weight is 318 g/mol. The van der Waals surface area contributed by atoms with Gasteiger partial charge in [-0.05, 0) is 39.0 Å². The van der Waals surface area contributed by atoms with Crippen LogP contribution in [-0.4, -0.2) is 24.4 Å². The Morgan fingerprint density at radius 3 is 2.55 bits per heavy atom. The largest absolute Gasteiger partial charge is 0.456 e. The normalized spacial score (nSPS) is 11.3. The average Bonchev–Trinajstić information content (AvgIpc) is 2.39. The van der Waals surface area contributed by atoms with Gasteiger partial charge in [0.05, 0.1) is 11.3 Å². The highest BCUT2D eigenvalue weighted by Crippen LogP contribution is 2.24. The van der Waals surface area contributed by atoms with Crippen molar-refractivity contribution in [2.24, 2.45) is 0 Å². The third kappa shape index (κ3) is 3.66. The van der Waals surface area contributed by atoms with E-state index in [0.717, 1.165) is 0 Å². The molecule has 6 heteroatoms. The Kier molecular flexibility index (Phi) is 4.56. The molecule has 2 radical (unpaired) electrons. The topological polar surface area (TPSA) is 39.2 Å². The number of pyridine rings is 1. The van der Waals surface area contributed by atoms with Gasteiger partial charge >= 0.3 is 5.97 Å². The highest BCUT2D eigenvalue weighted by molar-refractivity contribution is 6.33. The van der Waals surface area contributed by atoms with Gasteiger partial charge in [-0.1, -0.05) is 29.2 Å². The predicted octanol–water partition coefficient (Wildman–Crippen LogP) is 3.29. The van der Waals surface area contributed by atoms with Crippen LogP contribution in [0.3, 0.4) is 0 Å². The Morgan fingerprint density at radius 1 is 1.27 bits per heavy atom. The van der Waals surface area contributed by atoms with Crippen LogP contribution in [0.1, 0.15) is 31.1 Å². The zero-order valence-corrected chi connectivity index (χ0v) is 13.2. The summed E-state index contributed by atoms with van der Waals surface area (Å²) in [6.45, 7) is 5.26. The molecule has 0 saturated heterocycles. The summed E-state index contributed by atoms with van der Waals surface area (Å²) in [6, 6.07) is 7.57. The Bertz CT molecular complexity index is 729. The van der Waals surface area contributed by atoms with Crippen molar-refractivity contribution in [2.75, 3.05) is 0 Å². The number of hydrogen-bond donors (Lipinski definition) is 0. The fourth-order valence-corrected chi connectivity index (χ4v) is 2.05. The van der Waals surface area contributed by atoms with Gasteiger partial charge in [0.15, 0.2) is 0 Å². The molecular formula is C16H14BClFNO2. The SMILES string of the molecule is [B]c1cccc(-c2ccc(C(=O)OC(C)(C)C)c(Cl)n2)c1F. The molecule has 0 aliphatic heterocycles. The zero-order valence-electron chi connectivity index (χ0n) is 12.5. The molecule has 0 saturated carbocycles. The van der Waals surface area contributed by atoms with Crippen LogP contribution in [-0.2, 0) is 4.74 Å². The summed E-state index contributed by atoms with van der Waals surface area (Å²) >= 11 is 6.03. The van der Waals surface area contributed by atoms with Gasteiger partial charge in [0, 0.05) is 5.56 Å². The van der Waals surface area contributed by atoms with E-state index >= 15 is 0 Å². The van der Waals surface area contributed by atoms with Gasteiger partial charge in [0.1, 0.15) is 24.4 Å². The maximum atomic E-state index is 14.0. The minimum atomic E-state index is -0.640. The molecule has 0 bridgehead atoms. The summed E-state index contributed by atoms with van der Waals surface area (Å²) in [7, 11) is 5.53. The summed E-state index contributed by atoms with van der Waals surface area (Å²) in [5, 5.41) is -0.0476. The van der Waals surface area contributed by atoms with Crippen LogP contribution in [0.25, 0.3) is 11.3 Å². The van der Waals surface area contributed by atoms with Gasteiger partial charge in [-0.2, -0.15) is 0 Å². The van der Waals surface area contributed by atoms with E-state index in [1.165, 1.54) is 24.3 Å². The van der Waals surface area contributed by atoms with Crippen molar-refractivity contribution in [3.8, 4) is 11.3 Å². The highest BCUT2D eigenvalue weighted by Gasteiger charge is 2.21. The lowest BCUT2D eigenvalue weighted by molar-refractivity contribution is 0.00694. The van der Waals surface area contributed by atoms with Gasteiger partial charge < -0.3 is 4.74 Å². The lowest BCUT2D eigenvalue weighted by Crippen LogP contribution is -2.24. The monoisotopic (exact) mass is 317 g/mol. The molecule has 1 aromatic carbocycles. The van der Waals surface area contributed by atoms with E-state index in [2.05, 4.69) is 4.98 Å². The third-order valence-corrected chi connectivity index (χ3v) is 3.06. The maximum Gasteiger partial charge on any atom is 0.341 e. The highest BCUT2D eigenvalue weighted by atomic mass is 35.5. The van der Waals surface area contributed by atoms with Gasteiger partial charge in [0.25, 0.3) is 0 Å². The maximum absolute atomic E-state index is 14.0. The summed E-state index contributed by atoms with van der Waals surface area (Å²) in [5.74, 6) is -1.15. The third-order valence-electron chi connectivity index (χ3n) is 2.77. The Balaban J connectivity index is 2.38. The number of rotatable bonds is 2. The first kappa shape index (κ1) is 16.5. The van der Waals surface area contributed by atoms with Crippen LogP contribution in [0.5, 0.6) is 0 Å². The van der Waals surface area contributed by atoms with Gasteiger partial charge in [-0.15, -0.1) is 0 Å². The van der Waals surface area contributed by atoms with Crippen LogP contribution < -0.4 is 5.46 Å². The molecule has 0 aliphatic rings. The predicted molar refractivity (Wildman–Crippen MR) is 85.2 cm³/mol. The number of hydrogen-bond acceptors (Lipinski definition) is 3. The van der Waals surface area contributed by atoms with E-state index in [0.29, 0.717) is 5.69 Å². The number of carbonyl (C=O) groups is 1. The number of nitrogens with zero attached hydrogens (tertiary/aromatic N) is 1. The molecule has 0 fully saturated rings. The molecule has 2 rings (SSSR count). The summed E-state index contributed by atoms with van der Waals surface area (Å²) < 4.78 is 19.2. The number of benzene rings is 1. The molecule has 112 valence electrons. The second-order valence-corrected chi connectivity index (χ2v) is 6.10.